The number of rotatable bonds is 6. The topological polar surface area (TPSA) is 52.6 Å². The standard InChI is InChI=1S/C17H31N5S/c1-5-18-17(19-9-14-7-6-8-22(4)11-14)20-10-16-21-15(12-23-16)13(2)3/h12-14H,5-11H2,1-4H3,(H2,18,19,20). The van der Waals surface area contributed by atoms with Crippen LogP contribution in [0.4, 0.5) is 0 Å². The molecule has 0 aromatic carbocycles. The number of likely N-dealkylation sites (tertiary alicyclic amines) is 1. The van der Waals surface area contributed by atoms with Crippen molar-refractivity contribution in [3.8, 4) is 0 Å². The molecule has 0 aliphatic carbocycles. The van der Waals surface area contributed by atoms with E-state index in [1.54, 1.807) is 11.3 Å². The molecule has 1 aliphatic rings. The number of aliphatic imine (C=N–C) groups is 1. The molecule has 0 amide bonds. The van der Waals surface area contributed by atoms with Crippen LogP contribution in [0.5, 0.6) is 0 Å². The number of piperidine rings is 1. The van der Waals surface area contributed by atoms with E-state index in [0.717, 1.165) is 24.1 Å². The number of aromatic nitrogens is 1. The number of guanidine groups is 1. The van der Waals surface area contributed by atoms with E-state index in [2.05, 4.69) is 58.7 Å². The Morgan fingerprint density at radius 1 is 1.48 bits per heavy atom. The predicted octanol–water partition coefficient (Wildman–Crippen LogP) is 2.66. The lowest BCUT2D eigenvalue weighted by Crippen LogP contribution is -2.43. The molecule has 0 bridgehead atoms. The third kappa shape index (κ3) is 6.11. The summed E-state index contributed by atoms with van der Waals surface area (Å²) < 4.78 is 0. The quantitative estimate of drug-likeness (QED) is 0.619. The minimum atomic E-state index is 0.485. The van der Waals surface area contributed by atoms with Gasteiger partial charge in [-0.15, -0.1) is 11.3 Å². The van der Waals surface area contributed by atoms with Crippen LogP contribution in [0.1, 0.15) is 50.2 Å². The maximum Gasteiger partial charge on any atom is 0.191 e. The van der Waals surface area contributed by atoms with Crippen LogP contribution in [0.2, 0.25) is 0 Å². The molecule has 1 saturated heterocycles. The fourth-order valence-corrected chi connectivity index (χ4v) is 3.71. The van der Waals surface area contributed by atoms with Crippen molar-refractivity contribution in [2.45, 2.75) is 46.1 Å². The summed E-state index contributed by atoms with van der Waals surface area (Å²) in [7, 11) is 2.21. The fourth-order valence-electron chi connectivity index (χ4n) is 2.83. The summed E-state index contributed by atoms with van der Waals surface area (Å²) in [4.78, 5) is 11.8. The monoisotopic (exact) mass is 337 g/mol. The van der Waals surface area contributed by atoms with Crippen molar-refractivity contribution in [1.29, 1.82) is 0 Å². The van der Waals surface area contributed by atoms with E-state index >= 15 is 0 Å². The van der Waals surface area contributed by atoms with E-state index in [4.69, 9.17) is 0 Å². The van der Waals surface area contributed by atoms with Crippen molar-refractivity contribution >= 4 is 17.3 Å². The van der Waals surface area contributed by atoms with Gasteiger partial charge in [-0.05, 0) is 45.2 Å². The summed E-state index contributed by atoms with van der Waals surface area (Å²) in [6, 6.07) is 0. The van der Waals surface area contributed by atoms with E-state index in [9.17, 15) is 0 Å². The number of nitrogens with zero attached hydrogens (tertiary/aromatic N) is 3. The minimum Gasteiger partial charge on any atom is -0.357 e. The molecule has 1 aromatic rings. The Hall–Kier alpha value is -1.14. The summed E-state index contributed by atoms with van der Waals surface area (Å²) in [5.74, 6) is 2.10. The van der Waals surface area contributed by atoms with Crippen LogP contribution in [0.15, 0.2) is 10.4 Å². The summed E-state index contributed by atoms with van der Waals surface area (Å²) >= 11 is 1.70. The van der Waals surface area contributed by atoms with Crippen molar-refractivity contribution in [2.75, 3.05) is 33.2 Å². The summed E-state index contributed by atoms with van der Waals surface area (Å²) in [6.45, 7) is 11.4. The van der Waals surface area contributed by atoms with E-state index in [0.29, 0.717) is 18.4 Å². The zero-order valence-corrected chi connectivity index (χ0v) is 15.7. The highest BCUT2D eigenvalue weighted by atomic mass is 32.1. The third-order valence-corrected chi connectivity index (χ3v) is 5.01. The Labute approximate surface area is 144 Å². The molecule has 2 N–H and O–H groups in total. The molecular weight excluding hydrogens is 306 g/mol. The molecule has 0 saturated carbocycles. The molecule has 1 fully saturated rings. The molecule has 1 atom stereocenters. The van der Waals surface area contributed by atoms with Gasteiger partial charge >= 0.3 is 0 Å². The molecule has 5 nitrogen and oxygen atoms in total. The highest BCUT2D eigenvalue weighted by Gasteiger charge is 2.17. The number of nitrogens with one attached hydrogen (secondary N) is 2. The summed E-state index contributed by atoms with van der Waals surface area (Å²) in [5.41, 5.74) is 1.17. The van der Waals surface area contributed by atoms with Crippen LogP contribution in [0.3, 0.4) is 0 Å². The Kier molecular flexibility index (Phi) is 7.30. The highest BCUT2D eigenvalue weighted by Crippen LogP contribution is 2.18. The van der Waals surface area contributed by atoms with Crippen molar-refractivity contribution in [2.24, 2.45) is 10.9 Å². The average Bonchev–Trinajstić information content (AvgIpc) is 2.99. The first kappa shape index (κ1) is 18.2. The molecule has 0 radical (unpaired) electrons. The Balaban J connectivity index is 1.86. The average molecular weight is 338 g/mol. The smallest absolute Gasteiger partial charge is 0.191 e. The highest BCUT2D eigenvalue weighted by molar-refractivity contribution is 7.09. The minimum absolute atomic E-state index is 0.485. The van der Waals surface area contributed by atoms with Gasteiger partial charge in [0.1, 0.15) is 5.01 Å². The molecule has 6 heteroatoms. The third-order valence-electron chi connectivity index (χ3n) is 4.16. The maximum absolute atomic E-state index is 4.69. The first-order valence-electron chi connectivity index (χ1n) is 8.73. The molecule has 1 aliphatic heterocycles. The van der Waals surface area contributed by atoms with Crippen LogP contribution in [0.25, 0.3) is 0 Å². The number of hydrogen-bond acceptors (Lipinski definition) is 4. The van der Waals surface area contributed by atoms with Gasteiger partial charge in [-0.25, -0.2) is 9.98 Å². The molecule has 1 aromatic heterocycles. The molecule has 2 heterocycles. The molecule has 2 rings (SSSR count). The molecule has 0 spiro atoms. The second-order valence-corrected chi connectivity index (χ2v) is 7.61. The van der Waals surface area contributed by atoms with Crippen molar-refractivity contribution in [3.63, 3.8) is 0 Å². The first-order chi connectivity index (χ1) is 11.1. The van der Waals surface area contributed by atoms with E-state index in [1.807, 2.05) is 0 Å². The van der Waals surface area contributed by atoms with Gasteiger partial charge in [-0.1, -0.05) is 13.8 Å². The van der Waals surface area contributed by atoms with Gasteiger partial charge in [0.25, 0.3) is 0 Å². The molecule has 130 valence electrons. The number of hydrogen-bond donors (Lipinski definition) is 2. The zero-order chi connectivity index (χ0) is 16.7. The lowest BCUT2D eigenvalue weighted by molar-refractivity contribution is 0.210. The Morgan fingerprint density at radius 2 is 2.30 bits per heavy atom. The number of thiazole rings is 1. The Morgan fingerprint density at radius 3 is 2.96 bits per heavy atom. The van der Waals surface area contributed by atoms with E-state index < -0.39 is 0 Å². The largest absolute Gasteiger partial charge is 0.357 e. The van der Waals surface area contributed by atoms with Gasteiger partial charge in [-0.3, -0.25) is 0 Å². The van der Waals surface area contributed by atoms with Crippen LogP contribution < -0.4 is 10.6 Å². The second-order valence-electron chi connectivity index (χ2n) is 6.67. The van der Waals surface area contributed by atoms with Crippen molar-refractivity contribution < 1.29 is 0 Å². The first-order valence-corrected chi connectivity index (χ1v) is 9.61. The van der Waals surface area contributed by atoms with Crippen LogP contribution >= 0.6 is 11.3 Å². The van der Waals surface area contributed by atoms with Gasteiger partial charge in [0.2, 0.25) is 0 Å². The molecular formula is C17H31N5S. The van der Waals surface area contributed by atoms with Gasteiger partial charge in [0, 0.05) is 25.0 Å². The maximum atomic E-state index is 4.69. The van der Waals surface area contributed by atoms with E-state index in [1.165, 1.54) is 31.6 Å². The second kappa shape index (κ2) is 9.23. The SMILES string of the molecule is CCNC(=NCc1nc(C(C)C)cs1)NCC1CCCN(C)C1. The lowest BCUT2D eigenvalue weighted by atomic mass is 9.99. The van der Waals surface area contributed by atoms with E-state index in [-0.39, 0.29) is 0 Å². The summed E-state index contributed by atoms with van der Waals surface area (Å²) in [6.07, 6.45) is 2.61. The van der Waals surface area contributed by atoms with Gasteiger partial charge < -0.3 is 15.5 Å². The van der Waals surface area contributed by atoms with Crippen molar-refractivity contribution in [3.05, 3.63) is 16.1 Å². The predicted molar refractivity (Wildman–Crippen MR) is 99.2 cm³/mol. The lowest BCUT2D eigenvalue weighted by Gasteiger charge is -2.30. The Bertz CT molecular complexity index is 497. The van der Waals surface area contributed by atoms with Crippen LogP contribution in [-0.2, 0) is 6.54 Å². The van der Waals surface area contributed by atoms with Gasteiger partial charge in [-0.2, -0.15) is 0 Å². The van der Waals surface area contributed by atoms with Crippen molar-refractivity contribution in [1.82, 2.24) is 20.5 Å². The molecule has 23 heavy (non-hydrogen) atoms. The zero-order valence-electron chi connectivity index (χ0n) is 14.9. The fraction of sp³-hybridized carbons (Fsp3) is 0.765. The van der Waals surface area contributed by atoms with Gasteiger partial charge in [0.05, 0.1) is 12.2 Å². The van der Waals surface area contributed by atoms with Crippen LogP contribution in [0, 0.1) is 5.92 Å². The normalized spacial score (nSPS) is 20.0. The van der Waals surface area contributed by atoms with Crippen LogP contribution in [-0.4, -0.2) is 49.1 Å². The molecule has 1 unspecified atom stereocenters. The summed E-state index contributed by atoms with van der Waals surface area (Å²) in [5, 5.41) is 10.1. The van der Waals surface area contributed by atoms with Gasteiger partial charge in [0.15, 0.2) is 5.96 Å².